The van der Waals surface area contributed by atoms with Gasteiger partial charge in [0.05, 0.1) is 26.7 Å². The van der Waals surface area contributed by atoms with E-state index in [0.717, 1.165) is 5.56 Å². The smallest absolute Gasteiger partial charge is 0.264 e. The number of hydrogen-bond donors (Lipinski definition) is 1. The summed E-state index contributed by atoms with van der Waals surface area (Å²) in [6, 6.07) is 10.1. The van der Waals surface area contributed by atoms with E-state index in [1.54, 1.807) is 26.2 Å². The van der Waals surface area contributed by atoms with Crippen LogP contribution in [0.25, 0.3) is 0 Å². The number of rotatable bonds is 1. The first-order valence-corrected chi connectivity index (χ1v) is 8.81. The van der Waals surface area contributed by atoms with Crippen molar-refractivity contribution >= 4 is 38.9 Å². The molecule has 116 valence electrons. The maximum absolute atomic E-state index is 12.9. The SMILES string of the molecule is CNC1c2ccccc2N(C)S(=O)(=O)c2cc(Cl)c(Cl)cc21. The molecule has 1 aliphatic rings. The van der Waals surface area contributed by atoms with Crippen molar-refractivity contribution in [1.82, 2.24) is 5.32 Å². The van der Waals surface area contributed by atoms with E-state index in [1.807, 2.05) is 18.2 Å². The van der Waals surface area contributed by atoms with Gasteiger partial charge in [0.1, 0.15) is 0 Å². The zero-order chi connectivity index (χ0) is 16.1. The molecule has 7 heteroatoms. The molecule has 0 aromatic heterocycles. The normalized spacial score (nSPS) is 19.3. The predicted molar refractivity (Wildman–Crippen MR) is 89.4 cm³/mol. The second-order valence-electron chi connectivity index (χ2n) is 5.06. The van der Waals surface area contributed by atoms with Crippen LogP contribution in [0.2, 0.25) is 10.0 Å². The molecule has 0 aliphatic carbocycles. The summed E-state index contributed by atoms with van der Waals surface area (Å²) in [5, 5.41) is 3.72. The van der Waals surface area contributed by atoms with Gasteiger partial charge in [-0.3, -0.25) is 4.31 Å². The van der Waals surface area contributed by atoms with Crippen LogP contribution in [0.4, 0.5) is 5.69 Å². The molecule has 0 fully saturated rings. The van der Waals surface area contributed by atoms with E-state index in [4.69, 9.17) is 23.2 Å². The van der Waals surface area contributed by atoms with Crippen molar-refractivity contribution in [2.75, 3.05) is 18.4 Å². The molecule has 0 spiro atoms. The van der Waals surface area contributed by atoms with Crippen LogP contribution in [-0.2, 0) is 10.0 Å². The highest BCUT2D eigenvalue weighted by Gasteiger charge is 2.34. The van der Waals surface area contributed by atoms with E-state index >= 15 is 0 Å². The lowest BCUT2D eigenvalue weighted by atomic mass is 9.97. The summed E-state index contributed by atoms with van der Waals surface area (Å²) in [6.07, 6.45) is 0. The average Bonchev–Trinajstić information content (AvgIpc) is 2.56. The van der Waals surface area contributed by atoms with E-state index in [0.29, 0.717) is 16.3 Å². The van der Waals surface area contributed by atoms with E-state index in [1.165, 1.54) is 10.4 Å². The van der Waals surface area contributed by atoms with Gasteiger partial charge in [0.2, 0.25) is 0 Å². The van der Waals surface area contributed by atoms with Crippen LogP contribution in [0.1, 0.15) is 17.2 Å². The third kappa shape index (κ3) is 2.20. The van der Waals surface area contributed by atoms with Gasteiger partial charge < -0.3 is 5.32 Å². The van der Waals surface area contributed by atoms with Gasteiger partial charge in [-0.25, -0.2) is 8.42 Å². The fraction of sp³-hybridized carbons (Fsp3) is 0.200. The van der Waals surface area contributed by atoms with Crippen LogP contribution in [0, 0.1) is 0 Å². The molecule has 2 aromatic carbocycles. The number of anilines is 1. The Kier molecular flexibility index (Phi) is 3.85. The van der Waals surface area contributed by atoms with Gasteiger partial charge in [-0.05, 0) is 36.4 Å². The number of nitrogens with one attached hydrogen (secondary N) is 1. The minimum atomic E-state index is -3.70. The number of benzene rings is 2. The number of halogens is 2. The standard InChI is InChI=1S/C15H14Cl2N2O2S/c1-18-15-9-5-3-4-6-13(9)19(2)22(20,21)14-8-12(17)11(16)7-10(14)15/h3-8,15,18H,1-2H3. The van der Waals surface area contributed by atoms with Crippen LogP contribution < -0.4 is 9.62 Å². The van der Waals surface area contributed by atoms with Crippen molar-refractivity contribution in [3.8, 4) is 0 Å². The number of hydrogen-bond acceptors (Lipinski definition) is 3. The molecular weight excluding hydrogens is 343 g/mol. The van der Waals surface area contributed by atoms with Crippen LogP contribution in [0.3, 0.4) is 0 Å². The molecule has 0 saturated heterocycles. The first-order chi connectivity index (χ1) is 10.4. The summed E-state index contributed by atoms with van der Waals surface area (Å²) < 4.78 is 27.1. The summed E-state index contributed by atoms with van der Waals surface area (Å²) in [5.41, 5.74) is 2.09. The summed E-state index contributed by atoms with van der Waals surface area (Å²) in [4.78, 5) is 0.167. The van der Waals surface area contributed by atoms with Crippen LogP contribution in [0.15, 0.2) is 41.3 Å². The molecule has 1 unspecified atom stereocenters. The molecule has 3 rings (SSSR count). The zero-order valence-electron chi connectivity index (χ0n) is 12.0. The number of para-hydroxylation sites is 1. The number of fused-ring (bicyclic) bond motifs is 2. The molecule has 0 bridgehead atoms. The molecule has 0 saturated carbocycles. The monoisotopic (exact) mass is 356 g/mol. The third-order valence-corrected chi connectivity index (χ3v) is 6.43. The van der Waals surface area contributed by atoms with Gasteiger partial charge in [0, 0.05) is 7.05 Å². The Labute approximate surface area is 139 Å². The minimum Gasteiger partial charge on any atom is -0.309 e. The lowest BCUT2D eigenvalue weighted by Gasteiger charge is -2.20. The summed E-state index contributed by atoms with van der Waals surface area (Å²) in [7, 11) is -0.379. The maximum Gasteiger partial charge on any atom is 0.264 e. The number of nitrogens with zero attached hydrogens (tertiary/aromatic N) is 1. The van der Waals surface area contributed by atoms with Gasteiger partial charge in [0.25, 0.3) is 10.0 Å². The Morgan fingerprint density at radius 2 is 1.73 bits per heavy atom. The molecule has 22 heavy (non-hydrogen) atoms. The Morgan fingerprint density at radius 3 is 2.41 bits per heavy atom. The Balaban J connectivity index is 2.44. The minimum absolute atomic E-state index is 0.167. The van der Waals surface area contributed by atoms with Crippen molar-refractivity contribution in [2.45, 2.75) is 10.9 Å². The first-order valence-electron chi connectivity index (χ1n) is 6.62. The van der Waals surface area contributed by atoms with Crippen molar-refractivity contribution < 1.29 is 8.42 Å². The topological polar surface area (TPSA) is 49.4 Å². The van der Waals surface area contributed by atoms with E-state index in [-0.39, 0.29) is 16.0 Å². The highest BCUT2D eigenvalue weighted by atomic mass is 35.5. The Morgan fingerprint density at radius 1 is 1.09 bits per heavy atom. The van der Waals surface area contributed by atoms with Gasteiger partial charge in [-0.2, -0.15) is 0 Å². The van der Waals surface area contributed by atoms with Crippen molar-refractivity contribution in [1.29, 1.82) is 0 Å². The Bertz CT molecular complexity index is 853. The second kappa shape index (κ2) is 5.42. The highest BCUT2D eigenvalue weighted by Crippen LogP contribution is 2.42. The predicted octanol–water partition coefficient (Wildman–Crippen LogP) is 3.44. The molecule has 2 aromatic rings. The zero-order valence-corrected chi connectivity index (χ0v) is 14.3. The highest BCUT2D eigenvalue weighted by molar-refractivity contribution is 7.92. The fourth-order valence-electron chi connectivity index (χ4n) is 2.77. The maximum atomic E-state index is 12.9. The largest absolute Gasteiger partial charge is 0.309 e. The average molecular weight is 357 g/mol. The van der Waals surface area contributed by atoms with Gasteiger partial charge in [-0.1, -0.05) is 41.4 Å². The summed E-state index contributed by atoms with van der Waals surface area (Å²) in [6.45, 7) is 0. The van der Waals surface area contributed by atoms with Gasteiger partial charge >= 0.3 is 0 Å². The first kappa shape index (κ1) is 15.6. The van der Waals surface area contributed by atoms with Crippen LogP contribution >= 0.6 is 23.2 Å². The molecule has 1 atom stereocenters. The van der Waals surface area contributed by atoms with Crippen molar-refractivity contribution in [3.63, 3.8) is 0 Å². The molecular formula is C15H14Cl2N2O2S. The lowest BCUT2D eigenvalue weighted by Crippen LogP contribution is -2.26. The van der Waals surface area contributed by atoms with Crippen molar-refractivity contribution in [2.24, 2.45) is 0 Å². The van der Waals surface area contributed by atoms with Crippen LogP contribution in [-0.4, -0.2) is 22.5 Å². The summed E-state index contributed by atoms with van der Waals surface area (Å²) in [5.74, 6) is 0. The molecule has 1 N–H and O–H groups in total. The fourth-order valence-corrected chi connectivity index (χ4v) is 4.63. The lowest BCUT2D eigenvalue weighted by molar-refractivity contribution is 0.592. The van der Waals surface area contributed by atoms with E-state index in [9.17, 15) is 8.42 Å². The summed E-state index contributed by atoms with van der Waals surface area (Å²) >= 11 is 12.2. The molecule has 0 radical (unpaired) electrons. The van der Waals surface area contributed by atoms with E-state index in [2.05, 4.69) is 5.32 Å². The third-order valence-electron chi connectivity index (χ3n) is 3.88. The molecule has 1 aliphatic heterocycles. The molecule has 0 amide bonds. The van der Waals surface area contributed by atoms with Gasteiger partial charge in [0.15, 0.2) is 0 Å². The van der Waals surface area contributed by atoms with Crippen LogP contribution in [0.5, 0.6) is 0 Å². The van der Waals surface area contributed by atoms with Crippen molar-refractivity contribution in [3.05, 3.63) is 57.6 Å². The number of sulfonamides is 1. The Hall–Kier alpha value is -1.27. The molecule has 4 nitrogen and oxygen atoms in total. The molecule has 1 heterocycles. The quantitative estimate of drug-likeness (QED) is 0.851. The van der Waals surface area contributed by atoms with E-state index < -0.39 is 10.0 Å². The van der Waals surface area contributed by atoms with Gasteiger partial charge in [-0.15, -0.1) is 0 Å². The second-order valence-corrected chi connectivity index (χ2v) is 7.81.